The molecule has 0 N–H and O–H groups in total. The lowest BCUT2D eigenvalue weighted by molar-refractivity contribution is -0.137. The van der Waals surface area contributed by atoms with E-state index in [2.05, 4.69) is 15.9 Å². The van der Waals surface area contributed by atoms with Crippen molar-refractivity contribution >= 4 is 21.6 Å². The lowest BCUT2D eigenvalue weighted by Gasteiger charge is -2.20. The minimum absolute atomic E-state index is 0.269. The zero-order valence-electron chi connectivity index (χ0n) is 10.2. The molecule has 0 radical (unpaired) electrons. The van der Waals surface area contributed by atoms with Crippen molar-refractivity contribution in [3.8, 4) is 0 Å². The first kappa shape index (κ1) is 14.6. The van der Waals surface area contributed by atoms with Gasteiger partial charge in [-0.05, 0) is 37.0 Å². The highest BCUT2D eigenvalue weighted by Crippen LogP contribution is 2.34. The standard InChI is InChI=1S/C13H14BrF4N/c14-5-3-9-4-6-19(8-9)12-2-1-10(7-11(12)15)13(16,17)18/h1-2,7,9H,3-6,8H2. The predicted molar refractivity (Wildman–Crippen MR) is 70.1 cm³/mol. The van der Waals surface area contributed by atoms with Crippen LogP contribution in [0.2, 0.25) is 0 Å². The van der Waals surface area contributed by atoms with Gasteiger partial charge in [-0.1, -0.05) is 15.9 Å². The van der Waals surface area contributed by atoms with Gasteiger partial charge in [0, 0.05) is 18.4 Å². The van der Waals surface area contributed by atoms with E-state index in [1.54, 1.807) is 0 Å². The van der Waals surface area contributed by atoms with Crippen LogP contribution < -0.4 is 4.90 Å². The molecule has 1 aliphatic heterocycles. The van der Waals surface area contributed by atoms with Crippen molar-refractivity contribution < 1.29 is 17.6 Å². The van der Waals surface area contributed by atoms with Crippen molar-refractivity contribution in [3.63, 3.8) is 0 Å². The van der Waals surface area contributed by atoms with Crippen LogP contribution >= 0.6 is 15.9 Å². The number of rotatable bonds is 3. The maximum atomic E-state index is 13.8. The van der Waals surface area contributed by atoms with Gasteiger partial charge in [0.1, 0.15) is 5.82 Å². The van der Waals surface area contributed by atoms with Gasteiger partial charge in [-0.15, -0.1) is 0 Å². The molecule has 0 aliphatic carbocycles. The number of hydrogen-bond donors (Lipinski definition) is 0. The van der Waals surface area contributed by atoms with Crippen LogP contribution in [-0.4, -0.2) is 18.4 Å². The molecular formula is C13H14BrF4N. The van der Waals surface area contributed by atoms with Crippen LogP contribution in [0.3, 0.4) is 0 Å². The molecular weight excluding hydrogens is 326 g/mol. The van der Waals surface area contributed by atoms with Crippen molar-refractivity contribution in [2.75, 3.05) is 23.3 Å². The molecule has 1 heterocycles. The van der Waals surface area contributed by atoms with E-state index in [4.69, 9.17) is 0 Å². The summed E-state index contributed by atoms with van der Waals surface area (Å²) < 4.78 is 51.2. The summed E-state index contributed by atoms with van der Waals surface area (Å²) in [5.41, 5.74) is -0.671. The summed E-state index contributed by atoms with van der Waals surface area (Å²) in [5.74, 6) is -0.324. The lowest BCUT2D eigenvalue weighted by Crippen LogP contribution is -2.21. The van der Waals surface area contributed by atoms with Gasteiger partial charge in [-0.2, -0.15) is 13.2 Å². The van der Waals surface area contributed by atoms with Crippen LogP contribution in [0.25, 0.3) is 0 Å². The van der Waals surface area contributed by atoms with E-state index in [9.17, 15) is 17.6 Å². The molecule has 1 unspecified atom stereocenters. The molecule has 6 heteroatoms. The molecule has 19 heavy (non-hydrogen) atoms. The highest BCUT2D eigenvalue weighted by Gasteiger charge is 2.32. The quantitative estimate of drug-likeness (QED) is 0.580. The number of alkyl halides is 4. The average Bonchev–Trinajstić information content (AvgIpc) is 2.76. The molecule has 0 amide bonds. The molecule has 1 aromatic rings. The fourth-order valence-corrected chi connectivity index (χ4v) is 3.03. The Hall–Kier alpha value is -0.780. The molecule has 1 aliphatic rings. The Kier molecular flexibility index (Phi) is 4.38. The molecule has 1 nitrogen and oxygen atoms in total. The average molecular weight is 340 g/mol. The summed E-state index contributed by atoms with van der Waals surface area (Å²) in [4.78, 5) is 1.82. The zero-order chi connectivity index (χ0) is 14.0. The van der Waals surface area contributed by atoms with E-state index in [-0.39, 0.29) is 5.69 Å². The summed E-state index contributed by atoms with van der Waals surface area (Å²) in [7, 11) is 0. The summed E-state index contributed by atoms with van der Waals surface area (Å²) in [6, 6.07) is 2.75. The fraction of sp³-hybridized carbons (Fsp3) is 0.538. The minimum Gasteiger partial charge on any atom is -0.369 e. The third kappa shape index (κ3) is 3.41. The van der Waals surface area contributed by atoms with Gasteiger partial charge in [-0.3, -0.25) is 0 Å². The minimum atomic E-state index is -4.50. The van der Waals surface area contributed by atoms with E-state index in [1.165, 1.54) is 6.07 Å². The predicted octanol–water partition coefficient (Wildman–Crippen LogP) is 4.46. The molecule has 0 spiro atoms. The van der Waals surface area contributed by atoms with Gasteiger partial charge in [0.2, 0.25) is 0 Å². The smallest absolute Gasteiger partial charge is 0.369 e. The second-order valence-electron chi connectivity index (χ2n) is 4.74. The monoisotopic (exact) mass is 339 g/mol. The second kappa shape index (κ2) is 5.69. The summed E-state index contributed by atoms with van der Waals surface area (Å²) in [6.07, 6.45) is -2.55. The van der Waals surface area contributed by atoms with Crippen molar-refractivity contribution in [2.45, 2.75) is 19.0 Å². The molecule has 1 saturated heterocycles. The van der Waals surface area contributed by atoms with E-state index in [0.717, 1.165) is 24.2 Å². The highest BCUT2D eigenvalue weighted by molar-refractivity contribution is 9.09. The Bertz CT molecular complexity index is 447. The molecule has 0 saturated carbocycles. The first-order valence-corrected chi connectivity index (χ1v) is 7.21. The summed E-state index contributed by atoms with van der Waals surface area (Å²) >= 11 is 3.36. The first-order valence-electron chi connectivity index (χ1n) is 6.09. The van der Waals surface area contributed by atoms with E-state index in [1.807, 2.05) is 4.90 Å². The second-order valence-corrected chi connectivity index (χ2v) is 5.54. The van der Waals surface area contributed by atoms with Gasteiger partial charge in [0.05, 0.1) is 11.3 Å². The SMILES string of the molecule is Fc1cc(C(F)(F)F)ccc1N1CCC(CCBr)C1. The van der Waals surface area contributed by atoms with E-state index in [0.29, 0.717) is 25.1 Å². The van der Waals surface area contributed by atoms with Gasteiger partial charge in [-0.25, -0.2) is 4.39 Å². The molecule has 0 bridgehead atoms. The molecule has 1 atom stereocenters. The largest absolute Gasteiger partial charge is 0.416 e. The Labute approximate surface area is 117 Å². The van der Waals surface area contributed by atoms with Crippen LogP contribution in [0.15, 0.2) is 18.2 Å². The topological polar surface area (TPSA) is 3.24 Å². The summed E-state index contributed by atoms with van der Waals surface area (Å²) in [5, 5.41) is 0.890. The van der Waals surface area contributed by atoms with Crippen molar-refractivity contribution in [2.24, 2.45) is 5.92 Å². The number of benzene rings is 1. The van der Waals surface area contributed by atoms with Gasteiger partial charge >= 0.3 is 6.18 Å². The lowest BCUT2D eigenvalue weighted by atomic mass is 10.1. The van der Waals surface area contributed by atoms with E-state index >= 15 is 0 Å². The Balaban J connectivity index is 2.14. The molecule has 1 fully saturated rings. The molecule has 1 aromatic carbocycles. The highest BCUT2D eigenvalue weighted by atomic mass is 79.9. The van der Waals surface area contributed by atoms with Crippen LogP contribution in [-0.2, 0) is 6.18 Å². The van der Waals surface area contributed by atoms with E-state index < -0.39 is 17.6 Å². The van der Waals surface area contributed by atoms with Crippen LogP contribution in [0.4, 0.5) is 23.2 Å². The third-order valence-corrected chi connectivity index (χ3v) is 3.88. The molecule has 106 valence electrons. The maximum absolute atomic E-state index is 13.8. The maximum Gasteiger partial charge on any atom is 0.416 e. The van der Waals surface area contributed by atoms with Crippen LogP contribution in [0.5, 0.6) is 0 Å². The molecule has 0 aromatic heterocycles. The normalized spacial score (nSPS) is 20.1. The van der Waals surface area contributed by atoms with Crippen LogP contribution in [0.1, 0.15) is 18.4 Å². The van der Waals surface area contributed by atoms with Crippen molar-refractivity contribution in [1.82, 2.24) is 0 Å². The van der Waals surface area contributed by atoms with Gasteiger partial charge < -0.3 is 4.90 Å². The number of anilines is 1. The number of halogens is 5. The van der Waals surface area contributed by atoms with Gasteiger partial charge in [0.15, 0.2) is 0 Å². The Morgan fingerprint density at radius 3 is 2.63 bits per heavy atom. The fourth-order valence-electron chi connectivity index (χ4n) is 2.38. The van der Waals surface area contributed by atoms with Crippen molar-refractivity contribution in [3.05, 3.63) is 29.6 Å². The first-order chi connectivity index (χ1) is 8.91. The van der Waals surface area contributed by atoms with Crippen molar-refractivity contribution in [1.29, 1.82) is 0 Å². The third-order valence-electron chi connectivity index (χ3n) is 3.42. The summed E-state index contributed by atoms with van der Waals surface area (Å²) in [6.45, 7) is 1.40. The van der Waals surface area contributed by atoms with Crippen LogP contribution in [0, 0.1) is 11.7 Å². The number of hydrogen-bond acceptors (Lipinski definition) is 1. The Morgan fingerprint density at radius 2 is 2.05 bits per heavy atom. The van der Waals surface area contributed by atoms with Gasteiger partial charge in [0.25, 0.3) is 0 Å². The number of nitrogens with zero attached hydrogens (tertiary/aromatic N) is 1. The molecule has 2 rings (SSSR count). The zero-order valence-corrected chi connectivity index (χ0v) is 11.8. The Morgan fingerprint density at radius 1 is 1.32 bits per heavy atom.